The van der Waals surface area contributed by atoms with Crippen LogP contribution in [0.3, 0.4) is 0 Å². The molecular weight excluding hydrogens is 330 g/mol. The van der Waals surface area contributed by atoms with Gasteiger partial charge in [0.05, 0.1) is 4.90 Å². The third-order valence-electron chi connectivity index (χ3n) is 5.24. The van der Waals surface area contributed by atoms with Gasteiger partial charge < -0.3 is 0 Å². The summed E-state index contributed by atoms with van der Waals surface area (Å²) in [6, 6.07) is 4.26. The van der Waals surface area contributed by atoms with E-state index in [1.165, 1.54) is 5.56 Å². The number of rotatable bonds is 5. The molecule has 0 N–H and O–H groups in total. The summed E-state index contributed by atoms with van der Waals surface area (Å²) in [5.74, 6) is 0.769. The van der Waals surface area contributed by atoms with Crippen molar-refractivity contribution in [1.82, 2.24) is 4.31 Å². The van der Waals surface area contributed by atoms with Crippen molar-refractivity contribution in [3.8, 4) is 0 Å². The maximum absolute atomic E-state index is 13.6. The van der Waals surface area contributed by atoms with Crippen molar-refractivity contribution >= 4 is 10.0 Å². The molecule has 0 aromatic heterocycles. The first-order valence-corrected chi connectivity index (χ1v) is 11.3. The normalized spacial score (nSPS) is 17.5. The van der Waals surface area contributed by atoms with Crippen LogP contribution in [0.5, 0.6) is 0 Å². The fraction of sp³-hybridized carbons (Fsp3) is 0.714. The minimum Gasteiger partial charge on any atom is -0.207 e. The van der Waals surface area contributed by atoms with Crippen LogP contribution in [-0.4, -0.2) is 25.8 Å². The van der Waals surface area contributed by atoms with Crippen LogP contribution in [0.25, 0.3) is 0 Å². The summed E-state index contributed by atoms with van der Waals surface area (Å²) in [6.07, 6.45) is 4.20. The minimum atomic E-state index is -3.45. The lowest BCUT2D eigenvalue weighted by Crippen LogP contribution is -2.33. The Balaban J connectivity index is 2.68. The van der Waals surface area contributed by atoms with Gasteiger partial charge in [-0.15, -0.1) is 0 Å². The zero-order chi connectivity index (χ0) is 18.8. The first-order chi connectivity index (χ1) is 11.7. The molecule has 1 aliphatic heterocycles. The average Bonchev–Trinajstić information content (AvgIpc) is 2.83. The standard InChI is InChI=1S/C21H35NO2S/c1-15(2)18-13-19(16(3)4)21(20(14-18)17(5)6)25(23,24)22-11-9-7-8-10-12-22/h13-17H,7-12H2,1-6H3. The molecule has 3 nitrogen and oxygen atoms in total. The summed E-state index contributed by atoms with van der Waals surface area (Å²) in [6.45, 7) is 14.1. The van der Waals surface area contributed by atoms with Gasteiger partial charge in [0.2, 0.25) is 10.0 Å². The third kappa shape index (κ3) is 4.46. The highest BCUT2D eigenvalue weighted by molar-refractivity contribution is 7.89. The van der Waals surface area contributed by atoms with Gasteiger partial charge in [-0.05, 0) is 47.3 Å². The van der Waals surface area contributed by atoms with E-state index in [2.05, 4.69) is 53.7 Å². The van der Waals surface area contributed by atoms with E-state index in [0.717, 1.165) is 36.8 Å². The van der Waals surface area contributed by atoms with E-state index in [4.69, 9.17) is 0 Å². The Labute approximate surface area is 154 Å². The Morgan fingerprint density at radius 1 is 0.760 bits per heavy atom. The lowest BCUT2D eigenvalue weighted by atomic mass is 9.89. The van der Waals surface area contributed by atoms with E-state index in [0.29, 0.717) is 23.9 Å². The van der Waals surface area contributed by atoms with Gasteiger partial charge in [0.15, 0.2) is 0 Å². The van der Waals surface area contributed by atoms with Crippen LogP contribution in [-0.2, 0) is 10.0 Å². The van der Waals surface area contributed by atoms with E-state index in [-0.39, 0.29) is 11.8 Å². The molecule has 0 spiro atoms. The molecular formula is C21H35NO2S. The number of hydrogen-bond donors (Lipinski definition) is 0. The van der Waals surface area contributed by atoms with Gasteiger partial charge >= 0.3 is 0 Å². The molecule has 0 aliphatic carbocycles. The summed E-state index contributed by atoms with van der Waals surface area (Å²) in [5.41, 5.74) is 3.21. The fourth-order valence-electron chi connectivity index (χ4n) is 3.60. The van der Waals surface area contributed by atoms with E-state index in [1.54, 1.807) is 4.31 Å². The van der Waals surface area contributed by atoms with Crippen molar-refractivity contribution < 1.29 is 8.42 Å². The summed E-state index contributed by atoms with van der Waals surface area (Å²) in [4.78, 5) is 0.587. The second-order valence-corrected chi connectivity index (χ2v) is 10.2. The molecule has 0 unspecified atom stereocenters. The molecule has 1 saturated heterocycles. The molecule has 4 heteroatoms. The van der Waals surface area contributed by atoms with Gasteiger partial charge in [0, 0.05) is 13.1 Å². The molecule has 0 radical (unpaired) electrons. The quantitative estimate of drug-likeness (QED) is 0.679. The molecule has 1 aromatic carbocycles. The van der Waals surface area contributed by atoms with Crippen molar-refractivity contribution in [1.29, 1.82) is 0 Å². The predicted octanol–water partition coefficient (Wildman–Crippen LogP) is 5.62. The monoisotopic (exact) mass is 365 g/mol. The maximum Gasteiger partial charge on any atom is 0.243 e. The Morgan fingerprint density at radius 2 is 1.20 bits per heavy atom. The second kappa shape index (κ2) is 8.22. The van der Waals surface area contributed by atoms with Crippen LogP contribution in [0, 0.1) is 0 Å². The zero-order valence-corrected chi connectivity index (χ0v) is 17.6. The molecule has 1 aliphatic rings. The molecule has 142 valence electrons. The number of benzene rings is 1. The largest absolute Gasteiger partial charge is 0.243 e. The predicted molar refractivity (Wildman–Crippen MR) is 106 cm³/mol. The first-order valence-electron chi connectivity index (χ1n) is 9.84. The second-order valence-electron chi connectivity index (χ2n) is 8.31. The van der Waals surface area contributed by atoms with E-state index in [1.807, 2.05) is 0 Å². The molecule has 0 amide bonds. The fourth-order valence-corrected chi connectivity index (χ4v) is 5.78. The maximum atomic E-state index is 13.6. The summed E-state index contributed by atoms with van der Waals surface area (Å²) < 4.78 is 28.9. The van der Waals surface area contributed by atoms with Gasteiger partial charge in [-0.25, -0.2) is 8.42 Å². The molecule has 1 aromatic rings. The van der Waals surface area contributed by atoms with Crippen LogP contribution >= 0.6 is 0 Å². The van der Waals surface area contributed by atoms with Crippen LogP contribution in [0.2, 0.25) is 0 Å². The highest BCUT2D eigenvalue weighted by Crippen LogP contribution is 2.37. The van der Waals surface area contributed by atoms with Gasteiger partial charge in [-0.1, -0.05) is 66.5 Å². The van der Waals surface area contributed by atoms with Crippen molar-refractivity contribution in [3.63, 3.8) is 0 Å². The summed E-state index contributed by atoms with van der Waals surface area (Å²) in [7, 11) is -3.45. The first kappa shape index (κ1) is 20.4. The third-order valence-corrected chi connectivity index (χ3v) is 7.27. The van der Waals surface area contributed by atoms with Gasteiger partial charge in [-0.2, -0.15) is 4.31 Å². The van der Waals surface area contributed by atoms with E-state index < -0.39 is 10.0 Å². The SMILES string of the molecule is CC(C)c1cc(C(C)C)c(S(=O)(=O)N2CCCCCC2)c(C(C)C)c1. The van der Waals surface area contributed by atoms with Gasteiger partial charge in [0.1, 0.15) is 0 Å². The lowest BCUT2D eigenvalue weighted by Gasteiger charge is -2.27. The van der Waals surface area contributed by atoms with E-state index >= 15 is 0 Å². The summed E-state index contributed by atoms with van der Waals surface area (Å²) in [5, 5.41) is 0. The Bertz CT molecular complexity index is 653. The van der Waals surface area contributed by atoms with Crippen LogP contribution in [0.15, 0.2) is 17.0 Å². The van der Waals surface area contributed by atoms with Crippen LogP contribution in [0.1, 0.15) is 102 Å². The Morgan fingerprint density at radius 3 is 1.56 bits per heavy atom. The van der Waals surface area contributed by atoms with Gasteiger partial charge in [0.25, 0.3) is 0 Å². The van der Waals surface area contributed by atoms with Crippen LogP contribution < -0.4 is 0 Å². The number of nitrogens with zero attached hydrogens (tertiary/aromatic N) is 1. The highest BCUT2D eigenvalue weighted by Gasteiger charge is 2.32. The van der Waals surface area contributed by atoms with Crippen molar-refractivity contribution in [3.05, 3.63) is 28.8 Å². The molecule has 1 fully saturated rings. The lowest BCUT2D eigenvalue weighted by molar-refractivity contribution is 0.422. The number of hydrogen-bond acceptors (Lipinski definition) is 2. The van der Waals surface area contributed by atoms with E-state index in [9.17, 15) is 8.42 Å². The Hall–Kier alpha value is -0.870. The molecule has 0 bridgehead atoms. The zero-order valence-electron chi connectivity index (χ0n) is 16.8. The van der Waals surface area contributed by atoms with Crippen LogP contribution in [0.4, 0.5) is 0 Å². The summed E-state index contributed by atoms with van der Waals surface area (Å²) >= 11 is 0. The average molecular weight is 366 g/mol. The van der Waals surface area contributed by atoms with Crippen molar-refractivity contribution in [2.45, 2.75) is 89.9 Å². The van der Waals surface area contributed by atoms with Crippen molar-refractivity contribution in [2.75, 3.05) is 13.1 Å². The highest BCUT2D eigenvalue weighted by atomic mass is 32.2. The van der Waals surface area contributed by atoms with Gasteiger partial charge in [-0.3, -0.25) is 0 Å². The smallest absolute Gasteiger partial charge is 0.207 e. The molecule has 0 atom stereocenters. The molecule has 2 rings (SSSR count). The topological polar surface area (TPSA) is 37.4 Å². The Kier molecular flexibility index (Phi) is 6.72. The number of sulfonamides is 1. The molecule has 0 saturated carbocycles. The molecule has 25 heavy (non-hydrogen) atoms. The van der Waals surface area contributed by atoms with Crippen molar-refractivity contribution in [2.24, 2.45) is 0 Å². The minimum absolute atomic E-state index is 0.188. The molecule has 1 heterocycles.